The predicted octanol–water partition coefficient (Wildman–Crippen LogP) is 8.89. The van der Waals surface area contributed by atoms with Crippen molar-refractivity contribution in [3.05, 3.63) is 117 Å². The highest BCUT2D eigenvalue weighted by Gasteiger charge is 2.29. The van der Waals surface area contributed by atoms with Gasteiger partial charge in [0.15, 0.2) is 0 Å². The number of hydrogen-bond acceptors (Lipinski definition) is 4. The Morgan fingerprint density at radius 2 is 0.741 bits per heavy atom. The van der Waals surface area contributed by atoms with Gasteiger partial charge in [-0.05, 0) is 159 Å². The van der Waals surface area contributed by atoms with Gasteiger partial charge in [0.05, 0.1) is 0 Å². The van der Waals surface area contributed by atoms with E-state index in [2.05, 4.69) is 99.9 Å². The number of benzene rings is 4. The second kappa shape index (κ2) is 16.6. The highest BCUT2D eigenvalue weighted by atomic mass is 16.2. The van der Waals surface area contributed by atoms with E-state index in [-0.39, 0.29) is 11.8 Å². The number of carbonyl (C=O) groups is 2. The van der Waals surface area contributed by atoms with Crippen molar-refractivity contribution in [1.82, 2.24) is 19.6 Å². The van der Waals surface area contributed by atoms with Gasteiger partial charge < -0.3 is 9.80 Å². The van der Waals surface area contributed by atoms with Gasteiger partial charge in [0.25, 0.3) is 11.8 Å². The molecule has 0 N–H and O–H groups in total. The Hall–Kier alpha value is -4.26. The summed E-state index contributed by atoms with van der Waals surface area (Å²) in [6, 6.07) is 25.4. The Bertz CT molecular complexity index is 1750. The summed E-state index contributed by atoms with van der Waals surface area (Å²) in [7, 11) is 0. The standard InChI is InChI=1S/C48H60N4O2/c1-33-27-45(28-34(2)37(33)5)41-11-15-43(16-12-41)47(53)51-23-19-49(20-24-51)31-39-7-9-40(10-8-39)32-50-21-25-52(26-22-50)48(54)44-17-13-42(14-18-44)46-29-35(3)38(6)36(4)30-46/h11-18,27-30,39-40H,7-10,19-26,31-32H2,1-6H3. The summed E-state index contributed by atoms with van der Waals surface area (Å²) in [5.41, 5.74) is 14.2. The molecular formula is C48H60N4O2. The van der Waals surface area contributed by atoms with Crippen molar-refractivity contribution in [3.8, 4) is 22.3 Å². The molecule has 2 amide bonds. The van der Waals surface area contributed by atoms with Crippen molar-refractivity contribution in [1.29, 1.82) is 0 Å². The Balaban J connectivity index is 0.802. The summed E-state index contributed by atoms with van der Waals surface area (Å²) < 4.78 is 0. The molecule has 0 radical (unpaired) electrons. The van der Waals surface area contributed by atoms with Crippen LogP contribution in [0.15, 0.2) is 72.8 Å². The highest BCUT2D eigenvalue weighted by molar-refractivity contribution is 5.95. The average Bonchev–Trinajstić information content (AvgIpc) is 3.19. The maximum atomic E-state index is 13.4. The first-order chi connectivity index (χ1) is 26.0. The van der Waals surface area contributed by atoms with Crippen molar-refractivity contribution in [3.63, 3.8) is 0 Å². The topological polar surface area (TPSA) is 47.1 Å². The summed E-state index contributed by atoms with van der Waals surface area (Å²) in [6.07, 6.45) is 5.19. The van der Waals surface area contributed by atoms with Gasteiger partial charge in [0.2, 0.25) is 0 Å². The molecule has 1 saturated carbocycles. The Morgan fingerprint density at radius 1 is 0.444 bits per heavy atom. The summed E-state index contributed by atoms with van der Waals surface area (Å²) in [5.74, 6) is 1.82. The lowest BCUT2D eigenvalue weighted by atomic mass is 9.81. The van der Waals surface area contributed by atoms with Crippen molar-refractivity contribution >= 4 is 11.8 Å². The third kappa shape index (κ3) is 8.66. The molecule has 3 aliphatic rings. The fourth-order valence-electron chi connectivity index (χ4n) is 8.97. The normalized spacial score (nSPS) is 20.0. The molecule has 0 atom stereocenters. The van der Waals surface area contributed by atoms with E-state index in [4.69, 9.17) is 0 Å². The number of aryl methyl sites for hydroxylation is 4. The minimum absolute atomic E-state index is 0.154. The predicted molar refractivity (Wildman–Crippen MR) is 222 cm³/mol. The van der Waals surface area contributed by atoms with Gasteiger partial charge in [-0.1, -0.05) is 48.5 Å². The first-order valence-electron chi connectivity index (χ1n) is 20.4. The van der Waals surface area contributed by atoms with Gasteiger partial charge in [0, 0.05) is 76.6 Å². The number of rotatable bonds is 8. The van der Waals surface area contributed by atoms with Gasteiger partial charge in [-0.2, -0.15) is 0 Å². The van der Waals surface area contributed by atoms with Gasteiger partial charge >= 0.3 is 0 Å². The van der Waals surface area contributed by atoms with Crippen LogP contribution >= 0.6 is 0 Å². The molecule has 4 aromatic carbocycles. The summed E-state index contributed by atoms with van der Waals surface area (Å²) in [5, 5.41) is 0. The fourth-order valence-corrected chi connectivity index (χ4v) is 8.97. The Morgan fingerprint density at radius 3 is 1.04 bits per heavy atom. The fraction of sp³-hybridized carbons (Fsp3) is 0.458. The second-order valence-electron chi connectivity index (χ2n) is 16.7. The van der Waals surface area contributed by atoms with Crippen LogP contribution in [0.4, 0.5) is 0 Å². The minimum Gasteiger partial charge on any atom is -0.336 e. The number of piperazine rings is 2. The van der Waals surface area contributed by atoms with Gasteiger partial charge in [0.1, 0.15) is 0 Å². The van der Waals surface area contributed by atoms with Crippen LogP contribution in [-0.2, 0) is 0 Å². The lowest BCUT2D eigenvalue weighted by Gasteiger charge is -2.40. The quantitative estimate of drug-likeness (QED) is 0.182. The summed E-state index contributed by atoms with van der Waals surface area (Å²) in [4.78, 5) is 36.0. The molecular weight excluding hydrogens is 665 g/mol. The zero-order chi connectivity index (χ0) is 37.9. The molecule has 0 unspecified atom stereocenters. The van der Waals surface area contributed by atoms with E-state index < -0.39 is 0 Å². The highest BCUT2D eigenvalue weighted by Crippen LogP contribution is 2.31. The SMILES string of the molecule is Cc1cc(-c2ccc(C(=O)N3CCN(CC4CCC(CN5CCN(C(=O)c6ccc(-c7cc(C)c(C)c(C)c7)cc6)CC5)CC4)CC3)cc2)cc(C)c1C. The van der Waals surface area contributed by atoms with E-state index in [1.165, 1.54) is 70.2 Å². The Kier molecular flexibility index (Phi) is 11.7. The summed E-state index contributed by atoms with van der Waals surface area (Å²) >= 11 is 0. The molecule has 1 aliphatic carbocycles. The molecule has 2 aliphatic heterocycles. The number of nitrogens with zero attached hydrogens (tertiary/aromatic N) is 4. The van der Waals surface area contributed by atoms with Crippen LogP contribution in [0.3, 0.4) is 0 Å². The largest absolute Gasteiger partial charge is 0.336 e. The molecule has 2 saturated heterocycles. The molecule has 0 spiro atoms. The van der Waals surface area contributed by atoms with E-state index in [9.17, 15) is 9.59 Å². The van der Waals surface area contributed by atoms with Gasteiger partial charge in [-0.3, -0.25) is 19.4 Å². The van der Waals surface area contributed by atoms with E-state index >= 15 is 0 Å². The van der Waals surface area contributed by atoms with Crippen molar-refractivity contribution in [2.24, 2.45) is 11.8 Å². The molecule has 54 heavy (non-hydrogen) atoms. The molecule has 6 nitrogen and oxygen atoms in total. The average molecular weight is 725 g/mol. The lowest BCUT2D eigenvalue weighted by Crippen LogP contribution is -2.50. The van der Waals surface area contributed by atoms with Crippen LogP contribution in [-0.4, -0.2) is 96.9 Å². The summed E-state index contributed by atoms with van der Waals surface area (Å²) in [6.45, 7) is 22.4. The zero-order valence-corrected chi connectivity index (χ0v) is 33.6. The molecule has 0 bridgehead atoms. The molecule has 0 aromatic heterocycles. The zero-order valence-electron chi connectivity index (χ0n) is 33.6. The monoisotopic (exact) mass is 724 g/mol. The molecule has 6 heteroatoms. The van der Waals surface area contributed by atoms with Crippen LogP contribution in [0.25, 0.3) is 22.3 Å². The van der Waals surface area contributed by atoms with Crippen LogP contribution in [0.5, 0.6) is 0 Å². The molecule has 4 aromatic rings. The van der Waals surface area contributed by atoms with Gasteiger partial charge in [-0.15, -0.1) is 0 Å². The second-order valence-corrected chi connectivity index (χ2v) is 16.7. The third-order valence-electron chi connectivity index (χ3n) is 13.1. The number of amides is 2. The molecule has 7 rings (SSSR count). The molecule has 284 valence electrons. The van der Waals surface area contributed by atoms with Crippen molar-refractivity contribution in [2.75, 3.05) is 65.4 Å². The van der Waals surface area contributed by atoms with Crippen LogP contribution in [0.2, 0.25) is 0 Å². The van der Waals surface area contributed by atoms with Crippen molar-refractivity contribution < 1.29 is 9.59 Å². The lowest BCUT2D eigenvalue weighted by molar-refractivity contribution is 0.0555. The van der Waals surface area contributed by atoms with Crippen molar-refractivity contribution in [2.45, 2.75) is 67.2 Å². The minimum atomic E-state index is 0.154. The number of hydrogen-bond donors (Lipinski definition) is 0. The Labute approximate surface area is 324 Å². The first-order valence-corrected chi connectivity index (χ1v) is 20.4. The smallest absolute Gasteiger partial charge is 0.253 e. The molecule has 3 fully saturated rings. The van der Waals surface area contributed by atoms with E-state index in [0.717, 1.165) is 99.5 Å². The van der Waals surface area contributed by atoms with Crippen LogP contribution in [0.1, 0.15) is 79.8 Å². The maximum Gasteiger partial charge on any atom is 0.253 e. The third-order valence-corrected chi connectivity index (χ3v) is 13.1. The van der Waals surface area contributed by atoms with E-state index in [0.29, 0.717) is 0 Å². The first kappa shape index (κ1) is 38.0. The number of carbonyl (C=O) groups excluding carboxylic acids is 2. The van der Waals surface area contributed by atoms with Gasteiger partial charge in [-0.25, -0.2) is 0 Å². The van der Waals surface area contributed by atoms with E-state index in [1.54, 1.807) is 0 Å². The van der Waals surface area contributed by atoms with E-state index in [1.807, 2.05) is 34.1 Å². The van der Waals surface area contributed by atoms with Crippen LogP contribution in [0, 0.1) is 53.4 Å². The van der Waals surface area contributed by atoms with Crippen LogP contribution < -0.4 is 0 Å². The maximum absolute atomic E-state index is 13.4. The molecule has 2 heterocycles.